The van der Waals surface area contributed by atoms with Gasteiger partial charge in [-0.15, -0.1) is 0 Å². The number of ether oxygens (including phenoxy) is 2. The molecule has 124 heavy (non-hydrogen) atoms. The summed E-state index contributed by atoms with van der Waals surface area (Å²) in [6.45, 7) is 34.2. The summed E-state index contributed by atoms with van der Waals surface area (Å²) in [7, 11) is 0. The van der Waals surface area contributed by atoms with Crippen molar-refractivity contribution in [1.82, 2.24) is 4.57 Å². The number of hydrogen-bond donors (Lipinski definition) is 0. The van der Waals surface area contributed by atoms with Crippen molar-refractivity contribution in [3.8, 4) is 95.4 Å². The quantitative estimate of drug-likeness (QED) is 0.135. The second kappa shape index (κ2) is 28.0. The van der Waals surface area contributed by atoms with Gasteiger partial charge in [0.1, 0.15) is 34.2 Å². The Morgan fingerprint density at radius 2 is 0.702 bits per heavy atom. The summed E-state index contributed by atoms with van der Waals surface area (Å²) in [4.78, 5) is 5.32. The number of hydrogen-bond acceptors (Lipinski definition) is 5. The maximum atomic E-state index is 8.28. The van der Waals surface area contributed by atoms with Crippen molar-refractivity contribution >= 4 is 124 Å². The van der Waals surface area contributed by atoms with E-state index in [2.05, 4.69) is 446 Å². The number of nitrogens with zero attached hydrogens (tertiary/aromatic N) is 3. The SMILES string of the molecule is CC(C)(C)c1ccc(-c2cc(C(C)(C)C)ccc2N2c3cc(-c4ccc(-n5c6ccccc6c6ccccc65)cc4)ccc3B3c4c2cc(C(C)(C)C)cc4N(c2ccc(C(C)(C)C)cc2-c2ccc(C(C)(C)C)cc2)c2cc4c5c(c23)Oc2ccc(-c3ccccc3)cc2B5c2cc(-c3ccccc3)cc(-c3cccc5c3oc3ccccc35)c2O4)cc1. The zero-order chi connectivity index (χ0) is 84.9. The molecule has 6 heterocycles. The first kappa shape index (κ1) is 76.6. The largest absolute Gasteiger partial charge is 0.459 e. The molecule has 0 saturated carbocycles. The van der Waals surface area contributed by atoms with Crippen molar-refractivity contribution in [3.05, 3.63) is 355 Å². The third kappa shape index (κ3) is 12.4. The van der Waals surface area contributed by atoms with Gasteiger partial charge in [-0.1, -0.05) is 340 Å². The molecule has 0 atom stereocenters. The Morgan fingerprint density at radius 3 is 1.28 bits per heavy atom. The minimum atomic E-state index is -0.431. The number of benzene rings is 16. The third-order valence-corrected chi connectivity index (χ3v) is 26.9. The first-order valence-corrected chi connectivity index (χ1v) is 44.1. The molecule has 8 heteroatoms. The molecule has 18 aromatic rings. The summed E-state index contributed by atoms with van der Waals surface area (Å²) in [5.74, 6) is 3.10. The van der Waals surface area contributed by atoms with E-state index in [-0.39, 0.29) is 27.1 Å². The highest BCUT2D eigenvalue weighted by molar-refractivity contribution is 7.03. The summed E-state index contributed by atoms with van der Waals surface area (Å²) in [5, 5.41) is 4.59. The molecule has 16 aromatic carbocycles. The van der Waals surface area contributed by atoms with Gasteiger partial charge in [0, 0.05) is 83.8 Å². The van der Waals surface area contributed by atoms with Gasteiger partial charge in [-0.25, -0.2) is 0 Å². The Hall–Kier alpha value is -13.6. The topological polar surface area (TPSA) is 43.0 Å². The molecule has 602 valence electrons. The average molecular weight is 1600 g/mol. The first-order valence-electron chi connectivity index (χ1n) is 44.1. The lowest BCUT2D eigenvalue weighted by atomic mass is 9.30. The monoisotopic (exact) mass is 1600 g/mol. The number of para-hydroxylation sites is 4. The van der Waals surface area contributed by atoms with Crippen LogP contribution in [-0.4, -0.2) is 18.0 Å². The highest BCUT2D eigenvalue weighted by Crippen LogP contribution is 2.55. The second-order valence-corrected chi connectivity index (χ2v) is 40.0. The van der Waals surface area contributed by atoms with Crippen LogP contribution in [0.3, 0.4) is 0 Å². The molecule has 4 aliphatic rings. The minimum Gasteiger partial charge on any atom is -0.459 e. The highest BCUT2D eigenvalue weighted by atomic mass is 16.5. The van der Waals surface area contributed by atoms with Gasteiger partial charge >= 0.3 is 0 Å². The van der Waals surface area contributed by atoms with Crippen LogP contribution in [0.25, 0.3) is 116 Å². The number of aromatic nitrogens is 1. The van der Waals surface area contributed by atoms with Crippen LogP contribution < -0.4 is 52.1 Å². The van der Waals surface area contributed by atoms with Crippen molar-refractivity contribution in [2.75, 3.05) is 9.80 Å². The molecule has 0 radical (unpaired) electrons. The van der Waals surface area contributed by atoms with Crippen molar-refractivity contribution in [3.63, 3.8) is 0 Å². The van der Waals surface area contributed by atoms with E-state index < -0.39 is 13.4 Å². The van der Waals surface area contributed by atoms with Gasteiger partial charge in [-0.05, 0) is 212 Å². The summed E-state index contributed by atoms with van der Waals surface area (Å²) < 4.78 is 26.0. The van der Waals surface area contributed by atoms with Crippen LogP contribution in [0, 0.1) is 0 Å². The number of rotatable bonds is 9. The molecule has 0 amide bonds. The van der Waals surface area contributed by atoms with Gasteiger partial charge in [-0.3, -0.25) is 0 Å². The Labute approximate surface area is 729 Å². The minimum absolute atomic E-state index is 0.0601. The number of fused-ring (bicyclic) bond motifs is 15. The van der Waals surface area contributed by atoms with Crippen LogP contribution in [0.1, 0.15) is 132 Å². The summed E-state index contributed by atoms with van der Waals surface area (Å²) in [5.41, 5.74) is 36.5. The van der Waals surface area contributed by atoms with E-state index in [4.69, 9.17) is 13.9 Å². The normalized spacial score (nSPS) is 13.5. The van der Waals surface area contributed by atoms with Gasteiger partial charge < -0.3 is 28.3 Å². The number of furan rings is 1. The molecular weight excluding hydrogens is 1500 g/mol. The van der Waals surface area contributed by atoms with E-state index in [0.717, 1.165) is 179 Å². The van der Waals surface area contributed by atoms with E-state index in [1.807, 2.05) is 0 Å². The fraction of sp³-hybridized carbons (Fsp3) is 0.172. The van der Waals surface area contributed by atoms with E-state index in [1.54, 1.807) is 0 Å². The molecule has 6 nitrogen and oxygen atoms in total. The molecule has 4 aliphatic heterocycles. The molecule has 0 spiro atoms. The van der Waals surface area contributed by atoms with E-state index >= 15 is 0 Å². The van der Waals surface area contributed by atoms with Gasteiger partial charge in [-0.2, -0.15) is 0 Å². The van der Waals surface area contributed by atoms with E-state index in [9.17, 15) is 0 Å². The lowest BCUT2D eigenvalue weighted by Gasteiger charge is -2.47. The zero-order valence-electron chi connectivity index (χ0n) is 73.4. The lowest BCUT2D eigenvalue weighted by Crippen LogP contribution is -2.65. The fourth-order valence-electron chi connectivity index (χ4n) is 20.2. The van der Waals surface area contributed by atoms with Gasteiger partial charge in [0.25, 0.3) is 13.4 Å². The van der Waals surface area contributed by atoms with Crippen LogP contribution in [0.2, 0.25) is 0 Å². The standard InChI is InChI=1S/C116H99B2N3O3/c1-112(2,3)78-49-41-73(42-50-78)89-65-80(114(7,8)9)53-58-97(89)120-99-64-76(72-45-55-83(56-46-72)119-95-38-25-22-33-84(95)85-34-23-26-39-96(85)119)47-57-92(99)118-106-100(120)67-82(116(13,14)15)68-101(106)121(98-59-54-81(115(10,11)12)66-90(98)74-43-51-79(52-44-74)113(4,5)6)102-69-105-108-111(107(102)118)123-104-60-48-75(70-29-18-16-19-30-70)62-93(104)117(108)94-63-77(71-31-20-17-21-32-71)61-91(110(94)124-105)88-37-28-36-87-86-35-24-27-40-103(86)122-109(87)88/h16-69H,1-15H3. The highest BCUT2D eigenvalue weighted by Gasteiger charge is 2.52. The molecule has 0 bridgehead atoms. The third-order valence-electron chi connectivity index (χ3n) is 26.9. The van der Waals surface area contributed by atoms with Gasteiger partial charge in [0.15, 0.2) is 0 Å². The van der Waals surface area contributed by atoms with E-state index in [1.165, 1.54) is 55.1 Å². The molecule has 22 rings (SSSR count). The smallest absolute Gasteiger partial charge is 0.260 e. The van der Waals surface area contributed by atoms with Crippen molar-refractivity contribution in [2.24, 2.45) is 0 Å². The number of anilines is 6. The molecule has 2 aromatic heterocycles. The predicted molar refractivity (Wildman–Crippen MR) is 526 cm³/mol. The van der Waals surface area contributed by atoms with Crippen molar-refractivity contribution in [1.29, 1.82) is 0 Å². The zero-order valence-corrected chi connectivity index (χ0v) is 73.4. The van der Waals surface area contributed by atoms with Crippen molar-refractivity contribution < 1.29 is 13.9 Å². The van der Waals surface area contributed by atoms with Crippen LogP contribution >= 0.6 is 0 Å². The van der Waals surface area contributed by atoms with Gasteiger partial charge in [0.2, 0.25) is 0 Å². The van der Waals surface area contributed by atoms with E-state index in [0.29, 0.717) is 0 Å². The van der Waals surface area contributed by atoms with Crippen LogP contribution in [-0.2, 0) is 27.1 Å². The Morgan fingerprint density at radius 1 is 0.242 bits per heavy atom. The first-order chi connectivity index (χ1) is 59.6. The maximum Gasteiger partial charge on any atom is 0.260 e. The lowest BCUT2D eigenvalue weighted by molar-refractivity contribution is 0.468. The summed E-state index contributed by atoms with van der Waals surface area (Å²) in [6.07, 6.45) is 0. The summed E-state index contributed by atoms with van der Waals surface area (Å²) >= 11 is 0. The molecule has 0 aliphatic carbocycles. The fourth-order valence-corrected chi connectivity index (χ4v) is 20.2. The Bertz CT molecular complexity index is 7370. The predicted octanol–water partition coefficient (Wildman–Crippen LogP) is 28.0. The van der Waals surface area contributed by atoms with Crippen LogP contribution in [0.15, 0.2) is 332 Å². The van der Waals surface area contributed by atoms with Crippen LogP contribution in [0.4, 0.5) is 34.1 Å². The Kier molecular flexibility index (Phi) is 17.3. The Balaban J connectivity index is 0.870. The molecule has 0 N–H and O–H groups in total. The molecule has 0 fully saturated rings. The molecular formula is C116H99B2N3O3. The van der Waals surface area contributed by atoms with Crippen LogP contribution in [0.5, 0.6) is 23.0 Å². The van der Waals surface area contributed by atoms with Gasteiger partial charge in [0.05, 0.1) is 22.4 Å². The molecule has 0 unspecified atom stereocenters. The second-order valence-electron chi connectivity index (χ2n) is 40.0. The maximum absolute atomic E-state index is 8.28. The summed E-state index contributed by atoms with van der Waals surface area (Å²) in [6, 6.07) is 124. The molecule has 0 saturated heterocycles. The average Bonchev–Trinajstić information content (AvgIpc) is 0.795. The van der Waals surface area contributed by atoms with Crippen molar-refractivity contribution in [2.45, 2.75) is 131 Å².